The minimum Gasteiger partial charge on any atom is -0.377 e. The molecule has 136 valence electrons. The average molecular weight is 327 g/mol. The summed E-state index contributed by atoms with van der Waals surface area (Å²) in [6.07, 6.45) is 2.65. The van der Waals surface area contributed by atoms with Gasteiger partial charge in [-0.3, -0.25) is 9.89 Å². The fourth-order valence-electron chi connectivity index (χ4n) is 2.82. The second kappa shape index (κ2) is 8.88. The molecule has 5 heteroatoms. The molecular weight excluding hydrogens is 288 g/mol. The zero-order chi connectivity index (χ0) is 17.5. The Balaban J connectivity index is 2.63. The Kier molecular flexibility index (Phi) is 7.81. The Hall–Kier alpha value is -0.810. The van der Waals surface area contributed by atoms with Gasteiger partial charge in [-0.15, -0.1) is 0 Å². The van der Waals surface area contributed by atoms with E-state index in [4.69, 9.17) is 9.73 Å². The van der Waals surface area contributed by atoms with E-state index in [1.165, 1.54) is 25.9 Å². The zero-order valence-electron chi connectivity index (χ0n) is 16.3. The first kappa shape index (κ1) is 20.2. The molecule has 5 nitrogen and oxygen atoms in total. The smallest absolute Gasteiger partial charge is 0.191 e. The van der Waals surface area contributed by atoms with Crippen molar-refractivity contribution in [3.8, 4) is 0 Å². The van der Waals surface area contributed by atoms with Gasteiger partial charge in [-0.05, 0) is 59.9 Å². The highest BCUT2D eigenvalue weighted by Gasteiger charge is 2.30. The predicted octanol–water partition coefficient (Wildman–Crippen LogP) is 2.48. The van der Waals surface area contributed by atoms with E-state index in [0.717, 1.165) is 31.5 Å². The molecule has 23 heavy (non-hydrogen) atoms. The lowest BCUT2D eigenvalue weighted by Gasteiger charge is -2.42. The van der Waals surface area contributed by atoms with E-state index in [9.17, 15) is 0 Å². The van der Waals surface area contributed by atoms with Crippen LogP contribution in [-0.4, -0.2) is 61.8 Å². The van der Waals surface area contributed by atoms with Crippen molar-refractivity contribution in [2.75, 3.05) is 39.8 Å². The van der Waals surface area contributed by atoms with Crippen LogP contribution in [0.1, 0.15) is 54.4 Å². The van der Waals surface area contributed by atoms with Crippen molar-refractivity contribution in [3.05, 3.63) is 0 Å². The minimum atomic E-state index is -0.200. The molecule has 1 atom stereocenters. The van der Waals surface area contributed by atoms with E-state index in [1.807, 2.05) is 0 Å². The number of rotatable bonds is 7. The molecule has 1 fully saturated rings. The van der Waals surface area contributed by atoms with Gasteiger partial charge >= 0.3 is 0 Å². The Morgan fingerprint density at radius 1 is 1.26 bits per heavy atom. The van der Waals surface area contributed by atoms with Gasteiger partial charge in [-0.25, -0.2) is 0 Å². The fourth-order valence-corrected chi connectivity index (χ4v) is 2.82. The molecule has 0 aromatic rings. The molecular formula is C18H38N4O. The summed E-state index contributed by atoms with van der Waals surface area (Å²) >= 11 is 0. The van der Waals surface area contributed by atoms with Crippen molar-refractivity contribution in [1.82, 2.24) is 15.5 Å². The summed E-state index contributed by atoms with van der Waals surface area (Å²) in [6, 6.07) is 0. The van der Waals surface area contributed by atoms with Crippen LogP contribution in [0.2, 0.25) is 0 Å². The maximum Gasteiger partial charge on any atom is 0.191 e. The lowest BCUT2D eigenvalue weighted by Crippen LogP contribution is -2.51. The first-order valence-electron chi connectivity index (χ1n) is 9.02. The van der Waals surface area contributed by atoms with Crippen LogP contribution in [0, 0.1) is 5.92 Å². The van der Waals surface area contributed by atoms with Crippen molar-refractivity contribution in [3.63, 3.8) is 0 Å². The lowest BCUT2D eigenvalue weighted by atomic mass is 9.94. The highest BCUT2D eigenvalue weighted by atomic mass is 16.5. The van der Waals surface area contributed by atoms with Gasteiger partial charge in [0.2, 0.25) is 0 Å². The van der Waals surface area contributed by atoms with Crippen LogP contribution in [0.4, 0.5) is 0 Å². The number of hydrogen-bond acceptors (Lipinski definition) is 3. The predicted molar refractivity (Wildman–Crippen MR) is 99.1 cm³/mol. The van der Waals surface area contributed by atoms with Crippen molar-refractivity contribution in [2.45, 2.75) is 65.5 Å². The third kappa shape index (κ3) is 7.08. The molecule has 1 rings (SSSR count). The quantitative estimate of drug-likeness (QED) is 0.557. The van der Waals surface area contributed by atoms with Crippen molar-refractivity contribution in [1.29, 1.82) is 0 Å². The average Bonchev–Trinajstić information content (AvgIpc) is 2.50. The number of nitrogens with one attached hydrogen (secondary N) is 2. The first-order chi connectivity index (χ1) is 10.7. The molecule has 1 unspecified atom stereocenters. The van der Waals surface area contributed by atoms with Crippen LogP contribution in [-0.2, 0) is 4.74 Å². The Bertz CT molecular complexity index is 379. The number of ether oxygens (including phenoxy) is 1. The number of aliphatic imine (C=N–C) groups is 1. The molecule has 0 radical (unpaired) electrons. The van der Waals surface area contributed by atoms with E-state index >= 15 is 0 Å². The fraction of sp³-hybridized carbons (Fsp3) is 0.944. The third-order valence-electron chi connectivity index (χ3n) is 4.72. The van der Waals surface area contributed by atoms with Crippen molar-refractivity contribution >= 4 is 5.96 Å². The molecule has 1 aliphatic heterocycles. The maximum atomic E-state index is 5.47. The van der Waals surface area contributed by atoms with E-state index < -0.39 is 0 Å². The molecule has 0 bridgehead atoms. The summed E-state index contributed by atoms with van der Waals surface area (Å²) in [4.78, 5) is 7.41. The zero-order valence-corrected chi connectivity index (χ0v) is 16.3. The highest BCUT2D eigenvalue weighted by molar-refractivity contribution is 5.79. The number of guanidine groups is 1. The number of nitrogens with zero attached hydrogens (tertiary/aromatic N) is 2. The van der Waals surface area contributed by atoms with Crippen LogP contribution < -0.4 is 10.6 Å². The monoisotopic (exact) mass is 326 g/mol. The van der Waals surface area contributed by atoms with Gasteiger partial charge in [0, 0.05) is 32.3 Å². The van der Waals surface area contributed by atoms with Crippen LogP contribution >= 0.6 is 0 Å². The molecule has 1 aliphatic rings. The van der Waals surface area contributed by atoms with Gasteiger partial charge in [-0.2, -0.15) is 0 Å². The van der Waals surface area contributed by atoms with E-state index in [1.54, 1.807) is 7.11 Å². The summed E-state index contributed by atoms with van der Waals surface area (Å²) in [7, 11) is 1.74. The molecule has 0 amide bonds. The van der Waals surface area contributed by atoms with E-state index in [-0.39, 0.29) is 11.1 Å². The SMILES string of the molecule is CCNC(=NCC(C)(C)N1CCCC(C)C1)NCC(C)(C)OC. The normalized spacial score (nSPS) is 21.3. The lowest BCUT2D eigenvalue weighted by molar-refractivity contribution is 0.0268. The van der Waals surface area contributed by atoms with Crippen LogP contribution in [0.5, 0.6) is 0 Å². The Labute approximate surface area is 143 Å². The second-order valence-corrected chi connectivity index (χ2v) is 8.02. The van der Waals surface area contributed by atoms with Gasteiger partial charge in [-0.1, -0.05) is 6.92 Å². The van der Waals surface area contributed by atoms with Crippen LogP contribution in [0.25, 0.3) is 0 Å². The van der Waals surface area contributed by atoms with E-state index in [0.29, 0.717) is 0 Å². The van der Waals surface area contributed by atoms with Crippen LogP contribution in [0.3, 0.4) is 0 Å². The number of hydrogen-bond donors (Lipinski definition) is 2. The molecule has 1 saturated heterocycles. The summed E-state index contributed by atoms with van der Waals surface area (Å²) in [5.41, 5.74) is -0.109. The standard InChI is InChI=1S/C18H38N4O/c1-8-19-16(21-14-18(5,6)23-7)20-13-17(3,4)22-11-9-10-15(2)12-22/h15H,8-14H2,1-7H3,(H2,19,20,21). The van der Waals surface area contributed by atoms with Crippen LogP contribution in [0.15, 0.2) is 4.99 Å². The van der Waals surface area contributed by atoms with Crippen molar-refractivity contribution < 1.29 is 4.74 Å². The largest absolute Gasteiger partial charge is 0.377 e. The number of methoxy groups -OCH3 is 1. The van der Waals surface area contributed by atoms with Gasteiger partial charge in [0.05, 0.1) is 12.1 Å². The van der Waals surface area contributed by atoms with Gasteiger partial charge in [0.15, 0.2) is 5.96 Å². The summed E-state index contributed by atoms with van der Waals surface area (Å²) in [6.45, 7) is 18.0. The molecule has 0 aromatic heterocycles. The van der Waals surface area contributed by atoms with Gasteiger partial charge in [0.1, 0.15) is 0 Å². The molecule has 1 heterocycles. The van der Waals surface area contributed by atoms with Gasteiger partial charge < -0.3 is 15.4 Å². The minimum absolute atomic E-state index is 0.0911. The van der Waals surface area contributed by atoms with Crippen molar-refractivity contribution in [2.24, 2.45) is 10.9 Å². The number of piperidine rings is 1. The first-order valence-corrected chi connectivity index (χ1v) is 9.02. The number of likely N-dealkylation sites (tertiary alicyclic amines) is 1. The Morgan fingerprint density at radius 3 is 2.52 bits per heavy atom. The summed E-state index contributed by atoms with van der Waals surface area (Å²) < 4.78 is 5.47. The Morgan fingerprint density at radius 2 is 1.96 bits per heavy atom. The molecule has 0 spiro atoms. The molecule has 0 aromatic carbocycles. The topological polar surface area (TPSA) is 48.9 Å². The maximum absolute atomic E-state index is 5.47. The van der Waals surface area contributed by atoms with E-state index in [2.05, 4.69) is 57.1 Å². The second-order valence-electron chi connectivity index (χ2n) is 8.02. The molecule has 0 saturated carbocycles. The third-order valence-corrected chi connectivity index (χ3v) is 4.72. The molecule has 2 N–H and O–H groups in total. The molecule has 0 aliphatic carbocycles. The summed E-state index contributed by atoms with van der Waals surface area (Å²) in [5.74, 6) is 1.66. The summed E-state index contributed by atoms with van der Waals surface area (Å²) in [5, 5.41) is 6.72. The van der Waals surface area contributed by atoms with Gasteiger partial charge in [0.25, 0.3) is 0 Å². The highest BCUT2D eigenvalue weighted by Crippen LogP contribution is 2.24.